The standard InChI is InChI=1S/C49H35N.C46H29NO/c1-49(2)45-19-11-10-18-43(45)47-44-28-23-36-31-39(27-29-40(36)46(44)41-16-8-9-17-42(41)48(47)49)50(38-26-22-33-14-6-7-15-35(33)30-38)37-24-20-34(21-25-37)32-12-4-3-5-13-32;1-2-10-30(11-3-1)32-18-22-35(23-19-32)47(36-24-20-31-12-4-5-13-33(31)28-36)37-25-27-38-34(29-37)21-26-42-44(38)39-14-6-7-15-40(39)46-45(42)41-16-8-9-17-43(41)48-46/h3-31H,1-2H3;1-29H. The highest BCUT2D eigenvalue weighted by atomic mass is 16.3. The van der Waals surface area contributed by atoms with Gasteiger partial charge in [-0.25, -0.2) is 0 Å². The zero-order valence-electron chi connectivity index (χ0n) is 54.3. The third-order valence-electron chi connectivity index (χ3n) is 20.8. The fourth-order valence-electron chi connectivity index (χ4n) is 16.2. The van der Waals surface area contributed by atoms with Crippen LogP contribution in [0.3, 0.4) is 0 Å². The highest BCUT2D eigenvalue weighted by Gasteiger charge is 2.38. The average molecular weight is 1250 g/mol. The van der Waals surface area contributed by atoms with E-state index in [1.54, 1.807) is 0 Å². The van der Waals surface area contributed by atoms with E-state index in [0.29, 0.717) is 0 Å². The van der Waals surface area contributed by atoms with Gasteiger partial charge in [0.05, 0.1) is 0 Å². The van der Waals surface area contributed by atoms with E-state index in [-0.39, 0.29) is 5.41 Å². The molecule has 3 heteroatoms. The summed E-state index contributed by atoms with van der Waals surface area (Å²) in [5.74, 6) is 0. The fraction of sp³-hybridized carbons (Fsp3) is 0.0316. The van der Waals surface area contributed by atoms with Crippen LogP contribution >= 0.6 is 0 Å². The number of hydrogen-bond donors (Lipinski definition) is 0. The Morgan fingerprint density at radius 2 is 0.622 bits per heavy atom. The first-order chi connectivity index (χ1) is 48.4. The van der Waals surface area contributed by atoms with Crippen LogP contribution in [0.2, 0.25) is 0 Å². The number of para-hydroxylation sites is 1. The van der Waals surface area contributed by atoms with E-state index >= 15 is 0 Å². The third-order valence-corrected chi connectivity index (χ3v) is 20.8. The highest BCUT2D eigenvalue weighted by Crippen LogP contribution is 2.56. The molecule has 0 saturated heterocycles. The van der Waals surface area contributed by atoms with Crippen molar-refractivity contribution in [2.45, 2.75) is 19.3 Å². The van der Waals surface area contributed by atoms with E-state index in [1.807, 2.05) is 6.07 Å². The fourth-order valence-corrected chi connectivity index (χ4v) is 16.2. The second kappa shape index (κ2) is 22.8. The second-order valence-corrected chi connectivity index (χ2v) is 26.7. The Kier molecular flexibility index (Phi) is 13.3. The van der Waals surface area contributed by atoms with Crippen LogP contribution in [0.5, 0.6) is 0 Å². The first-order valence-electron chi connectivity index (χ1n) is 34.0. The average Bonchev–Trinajstić information content (AvgIpc) is 1.50. The molecule has 19 aromatic rings. The van der Waals surface area contributed by atoms with Gasteiger partial charge in [-0.05, 0) is 204 Å². The monoisotopic (exact) mass is 1250 g/mol. The van der Waals surface area contributed by atoms with Crippen LogP contribution in [0.4, 0.5) is 34.1 Å². The van der Waals surface area contributed by atoms with Crippen LogP contribution in [0.15, 0.2) is 356 Å². The van der Waals surface area contributed by atoms with Crippen molar-refractivity contribution in [3.05, 3.63) is 363 Å². The summed E-state index contributed by atoms with van der Waals surface area (Å²) in [7, 11) is 0. The summed E-state index contributed by atoms with van der Waals surface area (Å²) in [6.07, 6.45) is 0. The minimum absolute atomic E-state index is 0.0745. The SMILES string of the molecule is CC1(C)c2ccccc2-c2c1c1ccccc1c1c2ccc2cc(N(c3ccc(-c4ccccc4)cc3)c3ccc4ccccc4c3)ccc21.c1ccc(-c2ccc(N(c3ccc4ccccc4c3)c3ccc4c(ccc5c4c4ccccc4c4oc6ccccc6c54)c3)cc2)cc1. The first-order valence-corrected chi connectivity index (χ1v) is 34.0. The Hall–Kier alpha value is -12.6. The Bertz CT molecular complexity index is 6390. The van der Waals surface area contributed by atoms with Gasteiger partial charge in [0.2, 0.25) is 0 Å². The molecule has 0 fully saturated rings. The van der Waals surface area contributed by atoms with Crippen molar-refractivity contribution in [1.82, 2.24) is 0 Å². The van der Waals surface area contributed by atoms with Gasteiger partial charge in [-0.2, -0.15) is 0 Å². The van der Waals surface area contributed by atoms with Crippen molar-refractivity contribution in [2.24, 2.45) is 0 Å². The molecular formula is C95H64N2O. The summed E-state index contributed by atoms with van der Waals surface area (Å²) in [5, 5.41) is 22.4. The summed E-state index contributed by atoms with van der Waals surface area (Å²) in [6.45, 7) is 4.77. The molecule has 0 bridgehead atoms. The minimum atomic E-state index is -0.0745. The van der Waals surface area contributed by atoms with Crippen LogP contribution in [-0.2, 0) is 5.41 Å². The van der Waals surface area contributed by atoms with Gasteiger partial charge in [0.1, 0.15) is 11.2 Å². The van der Waals surface area contributed by atoms with E-state index in [0.717, 1.165) is 56.1 Å². The van der Waals surface area contributed by atoms with Gasteiger partial charge in [0.25, 0.3) is 0 Å². The van der Waals surface area contributed by atoms with E-state index in [4.69, 9.17) is 4.42 Å². The molecule has 0 atom stereocenters. The topological polar surface area (TPSA) is 19.6 Å². The van der Waals surface area contributed by atoms with Gasteiger partial charge in [-0.3, -0.25) is 0 Å². The number of anilines is 6. The van der Waals surface area contributed by atoms with Crippen molar-refractivity contribution < 1.29 is 4.42 Å². The summed E-state index contributed by atoms with van der Waals surface area (Å²) >= 11 is 0. The van der Waals surface area contributed by atoms with Gasteiger partial charge in [-0.15, -0.1) is 0 Å². The molecule has 0 unspecified atom stereocenters. The quantitative estimate of drug-likeness (QED) is 0.141. The van der Waals surface area contributed by atoms with Crippen molar-refractivity contribution in [1.29, 1.82) is 0 Å². The molecule has 3 nitrogen and oxygen atoms in total. The number of furan rings is 1. The molecule has 0 saturated carbocycles. The summed E-state index contributed by atoms with van der Waals surface area (Å²) in [4.78, 5) is 4.76. The Balaban J connectivity index is 0.000000137. The molecule has 0 amide bonds. The molecule has 1 aliphatic carbocycles. The lowest BCUT2D eigenvalue weighted by atomic mass is 9.79. The van der Waals surface area contributed by atoms with Crippen molar-refractivity contribution >= 4 is 142 Å². The summed E-state index contributed by atoms with van der Waals surface area (Å²) < 4.78 is 6.49. The predicted octanol–water partition coefficient (Wildman–Crippen LogP) is 27.1. The maximum Gasteiger partial charge on any atom is 0.143 e. The number of nitrogens with zero attached hydrogens (tertiary/aromatic N) is 2. The van der Waals surface area contributed by atoms with E-state index in [1.165, 1.54) is 131 Å². The molecule has 0 spiro atoms. The van der Waals surface area contributed by atoms with Crippen LogP contribution in [0.1, 0.15) is 25.0 Å². The van der Waals surface area contributed by atoms with Crippen LogP contribution in [0, 0.1) is 0 Å². The summed E-state index contributed by atoms with van der Waals surface area (Å²) in [5.41, 5.74) is 19.0. The molecule has 1 aromatic heterocycles. The largest absolute Gasteiger partial charge is 0.455 e. The summed E-state index contributed by atoms with van der Waals surface area (Å²) in [6, 6.07) is 128. The van der Waals surface area contributed by atoms with Gasteiger partial charge in [-0.1, -0.05) is 287 Å². The molecule has 18 aromatic carbocycles. The Morgan fingerprint density at radius 1 is 0.245 bits per heavy atom. The van der Waals surface area contributed by atoms with E-state index in [2.05, 4.69) is 369 Å². The lowest BCUT2D eigenvalue weighted by Gasteiger charge is -2.27. The molecule has 98 heavy (non-hydrogen) atoms. The molecular weight excluding hydrogens is 1190 g/mol. The molecule has 1 aliphatic rings. The highest BCUT2D eigenvalue weighted by molar-refractivity contribution is 6.35. The van der Waals surface area contributed by atoms with Gasteiger partial charge >= 0.3 is 0 Å². The molecule has 0 aliphatic heterocycles. The molecule has 0 N–H and O–H groups in total. The predicted molar refractivity (Wildman–Crippen MR) is 418 cm³/mol. The maximum atomic E-state index is 6.49. The first kappa shape index (κ1) is 56.9. The lowest BCUT2D eigenvalue weighted by molar-refractivity contribution is 0.666. The minimum Gasteiger partial charge on any atom is -0.455 e. The molecule has 1 heterocycles. The molecule has 0 radical (unpaired) electrons. The van der Waals surface area contributed by atoms with Gasteiger partial charge in [0.15, 0.2) is 0 Å². The number of benzene rings is 18. The number of hydrogen-bond acceptors (Lipinski definition) is 3. The third kappa shape index (κ3) is 9.26. The van der Waals surface area contributed by atoms with Crippen LogP contribution in [-0.4, -0.2) is 0 Å². The Labute approximate surface area is 568 Å². The normalized spacial score (nSPS) is 12.5. The lowest BCUT2D eigenvalue weighted by Crippen LogP contribution is -2.15. The number of fused-ring (bicyclic) bond motifs is 22. The smallest absolute Gasteiger partial charge is 0.143 e. The van der Waals surface area contributed by atoms with Crippen LogP contribution < -0.4 is 9.80 Å². The molecule has 20 rings (SSSR count). The van der Waals surface area contributed by atoms with Crippen molar-refractivity contribution in [3.63, 3.8) is 0 Å². The zero-order chi connectivity index (χ0) is 65.0. The molecule has 460 valence electrons. The van der Waals surface area contributed by atoms with Crippen LogP contribution in [0.25, 0.3) is 141 Å². The number of rotatable bonds is 8. The van der Waals surface area contributed by atoms with E-state index in [9.17, 15) is 0 Å². The van der Waals surface area contributed by atoms with Crippen molar-refractivity contribution in [3.8, 4) is 33.4 Å². The van der Waals surface area contributed by atoms with E-state index < -0.39 is 0 Å². The maximum absolute atomic E-state index is 6.49. The van der Waals surface area contributed by atoms with Crippen molar-refractivity contribution in [2.75, 3.05) is 9.80 Å². The van der Waals surface area contributed by atoms with Gasteiger partial charge in [0, 0.05) is 55.7 Å². The second-order valence-electron chi connectivity index (χ2n) is 26.7. The zero-order valence-corrected chi connectivity index (χ0v) is 54.3. The van der Waals surface area contributed by atoms with Gasteiger partial charge < -0.3 is 14.2 Å². The Morgan fingerprint density at radius 3 is 1.18 bits per heavy atom.